The number of carbonyl (C=O) groups is 1. The normalized spacial score (nSPS) is 19.9. The average Bonchev–Trinajstić information content (AvgIpc) is 3.57. The SMILES string of the molecule is N#CC1(NC(=O)[C@H](CS(=O)(=O)CC2CC2)N[C@@H](c2cc(F)ccc2F)C(F)(F)F)CC1. The van der Waals surface area contributed by atoms with Gasteiger partial charge in [-0.2, -0.15) is 18.4 Å². The molecule has 1 aromatic carbocycles. The molecule has 2 aliphatic carbocycles. The lowest BCUT2D eigenvalue weighted by Crippen LogP contribution is -2.54. The Hall–Kier alpha value is -2.26. The minimum Gasteiger partial charge on any atom is -0.336 e. The number of sulfone groups is 1. The maximum Gasteiger partial charge on any atom is 0.408 e. The summed E-state index contributed by atoms with van der Waals surface area (Å²) < 4.78 is 93.7. The topological polar surface area (TPSA) is 99.1 Å². The third kappa shape index (κ3) is 6.13. The Morgan fingerprint density at radius 1 is 1.26 bits per heavy atom. The average molecular weight is 465 g/mol. The van der Waals surface area contributed by atoms with E-state index in [1.54, 1.807) is 0 Å². The van der Waals surface area contributed by atoms with Gasteiger partial charge in [-0.15, -0.1) is 0 Å². The number of benzene rings is 1. The molecule has 2 N–H and O–H groups in total. The van der Waals surface area contributed by atoms with E-state index in [4.69, 9.17) is 5.26 Å². The van der Waals surface area contributed by atoms with E-state index in [0.29, 0.717) is 31.0 Å². The van der Waals surface area contributed by atoms with Crippen molar-refractivity contribution in [2.24, 2.45) is 5.92 Å². The number of amides is 1. The number of nitrogens with one attached hydrogen (secondary N) is 2. The highest BCUT2D eigenvalue weighted by Gasteiger charge is 2.49. The second kappa shape index (κ2) is 8.35. The van der Waals surface area contributed by atoms with Crippen LogP contribution in [0, 0.1) is 28.9 Å². The Bertz CT molecular complexity index is 998. The molecule has 0 aliphatic heterocycles. The maximum atomic E-state index is 14.1. The first-order valence-corrected chi connectivity index (χ1v) is 11.4. The fourth-order valence-electron chi connectivity index (χ4n) is 3.18. The molecule has 31 heavy (non-hydrogen) atoms. The summed E-state index contributed by atoms with van der Waals surface area (Å²) in [7, 11) is -3.94. The monoisotopic (exact) mass is 465 g/mol. The fourth-order valence-corrected chi connectivity index (χ4v) is 5.12. The molecule has 0 saturated heterocycles. The molecule has 0 unspecified atom stereocenters. The molecule has 0 heterocycles. The zero-order chi connectivity index (χ0) is 23.0. The van der Waals surface area contributed by atoms with Crippen LogP contribution in [0.1, 0.15) is 37.3 Å². The number of carbonyl (C=O) groups excluding carboxylic acids is 1. The van der Waals surface area contributed by atoms with Crippen LogP contribution in [0.5, 0.6) is 0 Å². The smallest absolute Gasteiger partial charge is 0.336 e. The fraction of sp³-hybridized carbons (Fsp3) is 0.579. The van der Waals surface area contributed by atoms with Crippen LogP contribution < -0.4 is 10.6 Å². The Morgan fingerprint density at radius 3 is 2.42 bits per heavy atom. The van der Waals surface area contributed by atoms with Gasteiger partial charge in [-0.1, -0.05) is 0 Å². The van der Waals surface area contributed by atoms with Gasteiger partial charge in [-0.05, 0) is 49.8 Å². The molecular formula is C19H20F5N3O3S. The molecule has 0 radical (unpaired) electrons. The van der Waals surface area contributed by atoms with Crippen molar-refractivity contribution in [1.82, 2.24) is 10.6 Å². The largest absolute Gasteiger partial charge is 0.408 e. The van der Waals surface area contributed by atoms with Crippen LogP contribution in [-0.4, -0.2) is 43.6 Å². The number of nitriles is 1. The summed E-state index contributed by atoms with van der Waals surface area (Å²) in [6, 6.07) is -1.44. The van der Waals surface area contributed by atoms with Crippen molar-refractivity contribution in [3.05, 3.63) is 35.4 Å². The maximum absolute atomic E-state index is 14.1. The van der Waals surface area contributed by atoms with Gasteiger partial charge in [-0.3, -0.25) is 10.1 Å². The summed E-state index contributed by atoms with van der Waals surface area (Å²) in [6.45, 7) is 0. The molecule has 1 amide bonds. The predicted molar refractivity (Wildman–Crippen MR) is 99.2 cm³/mol. The molecule has 1 aromatic rings. The number of nitrogens with zero attached hydrogens (tertiary/aromatic N) is 1. The molecule has 0 spiro atoms. The highest BCUT2D eigenvalue weighted by molar-refractivity contribution is 7.91. The summed E-state index contributed by atoms with van der Waals surface area (Å²) in [5.41, 5.74) is -2.36. The number of alkyl halides is 3. The van der Waals surface area contributed by atoms with E-state index >= 15 is 0 Å². The van der Waals surface area contributed by atoms with E-state index in [1.165, 1.54) is 0 Å². The molecule has 12 heteroatoms. The van der Waals surface area contributed by atoms with Gasteiger partial charge in [0.2, 0.25) is 5.91 Å². The Balaban J connectivity index is 1.90. The van der Waals surface area contributed by atoms with Crippen molar-refractivity contribution < 1.29 is 35.2 Å². The molecule has 2 saturated carbocycles. The van der Waals surface area contributed by atoms with Crippen LogP contribution in [0.4, 0.5) is 22.0 Å². The first kappa shape index (κ1) is 23.4. The van der Waals surface area contributed by atoms with Crippen LogP contribution >= 0.6 is 0 Å². The quantitative estimate of drug-likeness (QED) is 0.546. The van der Waals surface area contributed by atoms with E-state index in [-0.39, 0.29) is 24.5 Å². The Morgan fingerprint density at radius 2 is 1.90 bits per heavy atom. The Labute approximate surface area is 175 Å². The van der Waals surface area contributed by atoms with Gasteiger partial charge < -0.3 is 5.32 Å². The number of halogens is 5. The lowest BCUT2D eigenvalue weighted by molar-refractivity contribution is -0.161. The summed E-state index contributed by atoms with van der Waals surface area (Å²) in [6.07, 6.45) is -3.28. The van der Waals surface area contributed by atoms with Gasteiger partial charge in [0.15, 0.2) is 9.84 Å². The number of rotatable bonds is 9. The first-order chi connectivity index (χ1) is 14.3. The van der Waals surface area contributed by atoms with Crippen molar-refractivity contribution in [3.8, 4) is 6.07 Å². The molecule has 170 valence electrons. The van der Waals surface area contributed by atoms with E-state index in [0.717, 1.165) is 0 Å². The van der Waals surface area contributed by atoms with Gasteiger partial charge in [0.25, 0.3) is 0 Å². The van der Waals surface area contributed by atoms with E-state index in [9.17, 15) is 35.2 Å². The minimum atomic E-state index is -5.17. The predicted octanol–water partition coefficient (Wildman–Crippen LogP) is 2.52. The zero-order valence-electron chi connectivity index (χ0n) is 16.2. The van der Waals surface area contributed by atoms with Crippen molar-refractivity contribution in [2.45, 2.75) is 49.5 Å². The molecule has 0 bridgehead atoms. The van der Waals surface area contributed by atoms with Crippen molar-refractivity contribution in [3.63, 3.8) is 0 Å². The van der Waals surface area contributed by atoms with Gasteiger partial charge in [0.1, 0.15) is 29.3 Å². The molecule has 2 atom stereocenters. The molecule has 2 fully saturated rings. The van der Waals surface area contributed by atoms with Crippen LogP contribution in [-0.2, 0) is 14.6 Å². The molecule has 2 aliphatic rings. The number of hydrogen-bond acceptors (Lipinski definition) is 5. The second-order valence-electron chi connectivity index (χ2n) is 8.06. The third-order valence-corrected chi connectivity index (χ3v) is 7.03. The van der Waals surface area contributed by atoms with Crippen LogP contribution in [0.3, 0.4) is 0 Å². The lowest BCUT2D eigenvalue weighted by Gasteiger charge is -2.28. The Kier molecular flexibility index (Phi) is 6.30. The molecule has 0 aromatic heterocycles. The van der Waals surface area contributed by atoms with Crippen LogP contribution in [0.2, 0.25) is 0 Å². The van der Waals surface area contributed by atoms with Crippen molar-refractivity contribution in [2.75, 3.05) is 11.5 Å². The van der Waals surface area contributed by atoms with E-state index in [2.05, 4.69) is 5.32 Å². The van der Waals surface area contributed by atoms with Gasteiger partial charge in [0.05, 0.1) is 17.6 Å². The lowest BCUT2D eigenvalue weighted by atomic mass is 10.0. The summed E-state index contributed by atoms with van der Waals surface area (Å²) in [4.78, 5) is 12.7. The van der Waals surface area contributed by atoms with E-state index in [1.807, 2.05) is 11.4 Å². The van der Waals surface area contributed by atoms with Crippen molar-refractivity contribution >= 4 is 15.7 Å². The molecule has 6 nitrogen and oxygen atoms in total. The minimum absolute atomic E-state index is 0.110. The standard InChI is InChI=1S/C19H20F5N3O3S/c20-12-3-4-14(21)13(7-12)16(19(22,23)24)26-15(9-31(29,30)8-11-1-2-11)17(28)27-18(10-25)5-6-18/h3-4,7,11,15-16,26H,1-2,5-6,8-9H2,(H,27,28)/t15-,16-/m0/s1. The van der Waals surface area contributed by atoms with E-state index < -0.39 is 62.5 Å². The molecule has 3 rings (SSSR count). The van der Waals surface area contributed by atoms with Gasteiger partial charge in [0, 0.05) is 5.56 Å². The summed E-state index contributed by atoms with van der Waals surface area (Å²) >= 11 is 0. The van der Waals surface area contributed by atoms with Gasteiger partial charge in [-0.25, -0.2) is 17.2 Å². The summed E-state index contributed by atoms with van der Waals surface area (Å²) in [5, 5.41) is 13.3. The van der Waals surface area contributed by atoms with Crippen molar-refractivity contribution in [1.29, 1.82) is 5.26 Å². The zero-order valence-corrected chi connectivity index (χ0v) is 17.0. The third-order valence-electron chi connectivity index (χ3n) is 5.21. The van der Waals surface area contributed by atoms with Crippen LogP contribution in [0.15, 0.2) is 18.2 Å². The number of hydrogen-bond donors (Lipinski definition) is 2. The highest BCUT2D eigenvalue weighted by atomic mass is 32.2. The molecular weight excluding hydrogens is 445 g/mol. The van der Waals surface area contributed by atoms with Crippen LogP contribution in [0.25, 0.3) is 0 Å². The van der Waals surface area contributed by atoms with Gasteiger partial charge >= 0.3 is 6.18 Å². The summed E-state index contributed by atoms with van der Waals surface area (Å²) in [5.74, 6) is -4.98. The second-order valence-corrected chi connectivity index (χ2v) is 10.2. The first-order valence-electron chi connectivity index (χ1n) is 9.55. The highest BCUT2D eigenvalue weighted by Crippen LogP contribution is 2.37.